The summed E-state index contributed by atoms with van der Waals surface area (Å²) < 4.78 is 13.4. The summed E-state index contributed by atoms with van der Waals surface area (Å²) in [6.07, 6.45) is 3.91. The molecule has 0 aliphatic carbocycles. The third-order valence-corrected chi connectivity index (χ3v) is 3.35. The maximum atomic E-state index is 5.29. The number of nitrogens with one attached hydrogen (secondary N) is 1. The largest absolute Gasteiger partial charge is 0.493 e. The minimum Gasteiger partial charge on any atom is -0.493 e. The Balaban J connectivity index is 2.17. The maximum absolute atomic E-state index is 5.29. The third-order valence-electron chi connectivity index (χ3n) is 2.61. The van der Waals surface area contributed by atoms with Crippen LogP contribution in [0, 0.1) is 0 Å². The Morgan fingerprint density at radius 3 is 2.33 bits per heavy atom. The molecule has 0 spiro atoms. The molecule has 0 saturated carbocycles. The predicted molar refractivity (Wildman–Crippen MR) is 74.7 cm³/mol. The highest BCUT2D eigenvalue weighted by Crippen LogP contribution is 2.33. The number of methoxy groups -OCH3 is 2. The van der Waals surface area contributed by atoms with Crippen molar-refractivity contribution in [3.05, 3.63) is 46.7 Å². The second-order valence-electron chi connectivity index (χ2n) is 3.72. The standard InChI is InChI=1S/C13H15BrN2O2/c1-17-12-7-10(11(14)8-13(12)18-2)9-15-16-5-3-4-6-16/h3-8,15H,9H2,1-2H3. The fraction of sp³-hybridized carbons (Fsp3) is 0.231. The van der Waals surface area contributed by atoms with Crippen LogP contribution in [-0.2, 0) is 6.54 Å². The van der Waals surface area contributed by atoms with Crippen molar-refractivity contribution in [1.82, 2.24) is 4.68 Å². The second-order valence-corrected chi connectivity index (χ2v) is 4.58. The summed E-state index contributed by atoms with van der Waals surface area (Å²) in [6, 6.07) is 7.80. The van der Waals surface area contributed by atoms with Gasteiger partial charge in [-0.1, -0.05) is 15.9 Å². The van der Waals surface area contributed by atoms with Crippen LogP contribution in [0.5, 0.6) is 11.5 Å². The molecule has 18 heavy (non-hydrogen) atoms. The van der Waals surface area contributed by atoms with Gasteiger partial charge in [0.25, 0.3) is 0 Å². The van der Waals surface area contributed by atoms with Gasteiger partial charge in [-0.2, -0.15) is 0 Å². The molecule has 0 amide bonds. The van der Waals surface area contributed by atoms with E-state index in [4.69, 9.17) is 9.47 Å². The number of hydrogen-bond acceptors (Lipinski definition) is 3. The van der Waals surface area contributed by atoms with Gasteiger partial charge in [0.2, 0.25) is 0 Å². The van der Waals surface area contributed by atoms with Gasteiger partial charge in [0, 0.05) is 16.9 Å². The second kappa shape index (κ2) is 5.82. The molecule has 1 N–H and O–H groups in total. The third kappa shape index (κ3) is 2.79. The highest BCUT2D eigenvalue weighted by Gasteiger charge is 2.09. The van der Waals surface area contributed by atoms with Gasteiger partial charge in [-0.3, -0.25) is 4.68 Å². The average Bonchev–Trinajstić information content (AvgIpc) is 2.90. The summed E-state index contributed by atoms with van der Waals surface area (Å²) in [5.41, 5.74) is 4.36. The number of benzene rings is 1. The van der Waals surface area contributed by atoms with Crippen molar-refractivity contribution >= 4 is 15.9 Å². The van der Waals surface area contributed by atoms with E-state index >= 15 is 0 Å². The molecular formula is C13H15BrN2O2. The smallest absolute Gasteiger partial charge is 0.161 e. The van der Waals surface area contributed by atoms with Gasteiger partial charge < -0.3 is 14.9 Å². The molecule has 0 radical (unpaired) electrons. The minimum absolute atomic E-state index is 0.690. The van der Waals surface area contributed by atoms with E-state index in [9.17, 15) is 0 Å². The summed E-state index contributed by atoms with van der Waals surface area (Å²) in [5.74, 6) is 1.44. The Kier molecular flexibility index (Phi) is 4.15. The topological polar surface area (TPSA) is 35.4 Å². The van der Waals surface area contributed by atoms with Crippen LogP contribution in [0.4, 0.5) is 0 Å². The molecule has 0 saturated heterocycles. The van der Waals surface area contributed by atoms with E-state index in [1.807, 2.05) is 41.3 Å². The van der Waals surface area contributed by atoms with E-state index in [0.717, 1.165) is 15.8 Å². The molecule has 0 aliphatic heterocycles. The van der Waals surface area contributed by atoms with Crippen LogP contribution in [0.2, 0.25) is 0 Å². The van der Waals surface area contributed by atoms with E-state index in [0.29, 0.717) is 12.3 Å². The summed E-state index contributed by atoms with van der Waals surface area (Å²) in [5, 5.41) is 0. The van der Waals surface area contributed by atoms with Crippen LogP contribution in [0.1, 0.15) is 5.56 Å². The number of hydrogen-bond donors (Lipinski definition) is 1. The van der Waals surface area contributed by atoms with Crippen LogP contribution in [-0.4, -0.2) is 18.9 Å². The SMILES string of the molecule is COc1cc(Br)c(CNn2cccc2)cc1OC. The Bertz CT molecular complexity index is 512. The molecule has 96 valence electrons. The lowest BCUT2D eigenvalue weighted by Gasteiger charge is -2.13. The van der Waals surface area contributed by atoms with E-state index in [1.165, 1.54) is 0 Å². The number of aromatic nitrogens is 1. The lowest BCUT2D eigenvalue weighted by molar-refractivity contribution is 0.354. The van der Waals surface area contributed by atoms with Crippen molar-refractivity contribution in [3.63, 3.8) is 0 Å². The molecule has 1 aromatic heterocycles. The highest BCUT2D eigenvalue weighted by atomic mass is 79.9. The van der Waals surface area contributed by atoms with Gasteiger partial charge in [0.05, 0.1) is 20.8 Å². The van der Waals surface area contributed by atoms with Crippen molar-refractivity contribution in [1.29, 1.82) is 0 Å². The van der Waals surface area contributed by atoms with Gasteiger partial charge in [0.1, 0.15) is 0 Å². The molecule has 0 aliphatic rings. The number of nitrogens with zero attached hydrogens (tertiary/aromatic N) is 1. The molecule has 1 heterocycles. The molecule has 0 fully saturated rings. The molecule has 1 aromatic carbocycles. The van der Waals surface area contributed by atoms with Crippen LogP contribution >= 0.6 is 15.9 Å². The van der Waals surface area contributed by atoms with Crippen LogP contribution < -0.4 is 14.9 Å². The first-order chi connectivity index (χ1) is 8.74. The first-order valence-electron chi connectivity index (χ1n) is 5.52. The van der Waals surface area contributed by atoms with Crippen LogP contribution in [0.3, 0.4) is 0 Å². The molecule has 4 nitrogen and oxygen atoms in total. The lowest BCUT2D eigenvalue weighted by Crippen LogP contribution is -2.12. The van der Waals surface area contributed by atoms with E-state index in [1.54, 1.807) is 14.2 Å². The molecule has 2 rings (SSSR count). The predicted octanol–water partition coefficient (Wildman–Crippen LogP) is 3.01. The first kappa shape index (κ1) is 12.8. The summed E-state index contributed by atoms with van der Waals surface area (Å²) >= 11 is 3.53. The monoisotopic (exact) mass is 310 g/mol. The first-order valence-corrected chi connectivity index (χ1v) is 6.31. The van der Waals surface area contributed by atoms with Crippen LogP contribution in [0.25, 0.3) is 0 Å². The van der Waals surface area contributed by atoms with Gasteiger partial charge in [-0.05, 0) is 29.8 Å². The Labute approximate surface area is 115 Å². The quantitative estimate of drug-likeness (QED) is 0.922. The molecule has 2 aromatic rings. The van der Waals surface area contributed by atoms with Crippen molar-refractivity contribution in [3.8, 4) is 11.5 Å². The van der Waals surface area contributed by atoms with E-state index in [2.05, 4.69) is 21.4 Å². The summed E-state index contributed by atoms with van der Waals surface area (Å²) in [7, 11) is 3.26. The molecule has 0 bridgehead atoms. The fourth-order valence-electron chi connectivity index (χ4n) is 1.65. The number of ether oxygens (including phenoxy) is 2. The lowest BCUT2D eigenvalue weighted by atomic mass is 10.2. The maximum Gasteiger partial charge on any atom is 0.161 e. The normalized spacial score (nSPS) is 10.2. The summed E-state index contributed by atoms with van der Waals surface area (Å²) in [4.78, 5) is 0. The fourth-order valence-corrected chi connectivity index (χ4v) is 2.11. The van der Waals surface area contributed by atoms with Gasteiger partial charge >= 0.3 is 0 Å². The van der Waals surface area contributed by atoms with Gasteiger partial charge in [-0.25, -0.2) is 0 Å². The summed E-state index contributed by atoms with van der Waals surface area (Å²) in [6.45, 7) is 0.690. The molecule has 0 atom stereocenters. The minimum atomic E-state index is 0.690. The molecular weight excluding hydrogens is 296 g/mol. The van der Waals surface area contributed by atoms with E-state index < -0.39 is 0 Å². The van der Waals surface area contributed by atoms with E-state index in [-0.39, 0.29) is 0 Å². The zero-order valence-corrected chi connectivity index (χ0v) is 11.9. The Morgan fingerprint density at radius 2 is 1.72 bits per heavy atom. The number of rotatable bonds is 5. The Hall–Kier alpha value is -1.62. The zero-order valence-electron chi connectivity index (χ0n) is 10.3. The van der Waals surface area contributed by atoms with Crippen molar-refractivity contribution in [2.75, 3.05) is 19.6 Å². The van der Waals surface area contributed by atoms with Crippen LogP contribution in [0.15, 0.2) is 41.1 Å². The molecule has 0 unspecified atom stereocenters. The van der Waals surface area contributed by atoms with Crippen molar-refractivity contribution < 1.29 is 9.47 Å². The van der Waals surface area contributed by atoms with Gasteiger partial charge in [0.15, 0.2) is 11.5 Å². The van der Waals surface area contributed by atoms with Crippen molar-refractivity contribution in [2.24, 2.45) is 0 Å². The Morgan fingerprint density at radius 1 is 1.11 bits per heavy atom. The molecule has 5 heteroatoms. The average molecular weight is 311 g/mol. The number of halogens is 1. The zero-order chi connectivity index (χ0) is 13.0. The highest BCUT2D eigenvalue weighted by molar-refractivity contribution is 9.10. The van der Waals surface area contributed by atoms with Crippen molar-refractivity contribution in [2.45, 2.75) is 6.54 Å². The van der Waals surface area contributed by atoms with Gasteiger partial charge in [-0.15, -0.1) is 0 Å².